The molecule has 3 N–H and O–H groups in total. The number of ether oxygens (including phenoxy) is 2. The van der Waals surface area contributed by atoms with Gasteiger partial charge < -0.3 is 25.1 Å². The summed E-state index contributed by atoms with van der Waals surface area (Å²) in [7, 11) is 0. The Bertz CT molecular complexity index is 1650. The molecule has 1 aliphatic rings. The molecule has 2 aromatic heterocycles. The Kier molecular flexibility index (Phi) is 7.72. The van der Waals surface area contributed by atoms with Crippen LogP contribution in [-0.4, -0.2) is 39.1 Å². The molecule has 0 saturated carbocycles. The molecule has 10 heteroatoms. The number of rotatable bonds is 8. The SMILES string of the molecule is CC1(C(=O)Nc2ccccc2)COC(c2nc(-c3ccc(F)cc3)c(-c3ccnc(NCc4ccccc4)n3)[nH]2)OC1. The maximum atomic E-state index is 13.7. The number of aromatic amines is 1. The summed E-state index contributed by atoms with van der Waals surface area (Å²) in [6.07, 6.45) is 0.822. The van der Waals surface area contributed by atoms with E-state index in [1.54, 1.807) is 31.3 Å². The summed E-state index contributed by atoms with van der Waals surface area (Å²) >= 11 is 0. The highest BCUT2D eigenvalue weighted by molar-refractivity contribution is 5.95. The van der Waals surface area contributed by atoms with Gasteiger partial charge in [0, 0.05) is 24.0 Å². The van der Waals surface area contributed by atoms with E-state index >= 15 is 0 Å². The maximum absolute atomic E-state index is 13.7. The molecule has 0 spiro atoms. The second-order valence-electron chi connectivity index (χ2n) is 10.3. The molecule has 3 heterocycles. The minimum atomic E-state index is -0.895. The molecule has 0 bridgehead atoms. The fraction of sp³-hybridized carbons (Fsp3) is 0.188. The molecule has 212 valence electrons. The lowest BCUT2D eigenvalue weighted by Gasteiger charge is -2.35. The number of aromatic nitrogens is 4. The molecule has 3 aromatic carbocycles. The molecule has 1 aliphatic heterocycles. The van der Waals surface area contributed by atoms with E-state index in [0.29, 0.717) is 46.7 Å². The number of hydrogen-bond donors (Lipinski definition) is 3. The number of nitrogens with one attached hydrogen (secondary N) is 3. The first-order valence-corrected chi connectivity index (χ1v) is 13.5. The highest BCUT2D eigenvalue weighted by atomic mass is 19.1. The van der Waals surface area contributed by atoms with Crippen LogP contribution in [0.15, 0.2) is 97.2 Å². The number of carbonyl (C=O) groups excluding carboxylic acids is 1. The van der Waals surface area contributed by atoms with Gasteiger partial charge in [-0.1, -0.05) is 48.5 Å². The zero-order valence-electron chi connectivity index (χ0n) is 22.9. The van der Waals surface area contributed by atoms with E-state index in [2.05, 4.69) is 20.6 Å². The number of nitrogens with zero attached hydrogens (tertiary/aromatic N) is 3. The van der Waals surface area contributed by atoms with Gasteiger partial charge in [-0.25, -0.2) is 19.3 Å². The zero-order chi connectivity index (χ0) is 28.9. The normalized spacial score (nSPS) is 18.4. The number of amides is 1. The van der Waals surface area contributed by atoms with Gasteiger partial charge in [-0.2, -0.15) is 0 Å². The fourth-order valence-electron chi connectivity index (χ4n) is 4.57. The lowest BCUT2D eigenvalue weighted by molar-refractivity contribution is -0.229. The van der Waals surface area contributed by atoms with Gasteiger partial charge in [-0.3, -0.25) is 4.79 Å². The number of para-hydroxylation sites is 1. The summed E-state index contributed by atoms with van der Waals surface area (Å²) in [5.41, 5.74) is 3.33. The summed E-state index contributed by atoms with van der Waals surface area (Å²) in [6, 6.07) is 27.0. The van der Waals surface area contributed by atoms with Crippen molar-refractivity contribution in [2.24, 2.45) is 5.41 Å². The van der Waals surface area contributed by atoms with Crippen LogP contribution in [0.1, 0.15) is 24.6 Å². The summed E-state index contributed by atoms with van der Waals surface area (Å²) < 4.78 is 25.8. The van der Waals surface area contributed by atoms with Gasteiger partial charge in [0.15, 0.2) is 5.82 Å². The number of benzene rings is 3. The van der Waals surface area contributed by atoms with E-state index in [-0.39, 0.29) is 24.9 Å². The Labute approximate surface area is 242 Å². The molecular weight excluding hydrogens is 535 g/mol. The van der Waals surface area contributed by atoms with Crippen molar-refractivity contribution < 1.29 is 18.7 Å². The third-order valence-electron chi connectivity index (χ3n) is 6.95. The van der Waals surface area contributed by atoms with E-state index in [9.17, 15) is 9.18 Å². The lowest BCUT2D eigenvalue weighted by Crippen LogP contribution is -2.45. The van der Waals surface area contributed by atoms with Crippen molar-refractivity contribution in [3.8, 4) is 22.6 Å². The Morgan fingerprint density at radius 1 is 0.952 bits per heavy atom. The second-order valence-corrected chi connectivity index (χ2v) is 10.3. The number of carbonyl (C=O) groups is 1. The van der Waals surface area contributed by atoms with Crippen LogP contribution in [0.4, 0.5) is 16.0 Å². The fourth-order valence-corrected chi connectivity index (χ4v) is 4.57. The Hall–Kier alpha value is -4.93. The molecule has 9 nitrogen and oxygen atoms in total. The van der Waals surface area contributed by atoms with Crippen LogP contribution in [0.2, 0.25) is 0 Å². The predicted molar refractivity (Wildman–Crippen MR) is 157 cm³/mol. The summed E-state index contributed by atoms with van der Waals surface area (Å²) in [4.78, 5) is 30.2. The van der Waals surface area contributed by atoms with Gasteiger partial charge in [0.25, 0.3) is 0 Å². The molecule has 42 heavy (non-hydrogen) atoms. The van der Waals surface area contributed by atoms with Crippen molar-refractivity contribution in [1.29, 1.82) is 0 Å². The van der Waals surface area contributed by atoms with Crippen molar-refractivity contribution in [1.82, 2.24) is 19.9 Å². The molecule has 6 rings (SSSR count). The molecule has 0 atom stereocenters. The first-order chi connectivity index (χ1) is 20.5. The Morgan fingerprint density at radius 3 is 2.36 bits per heavy atom. The number of imidazole rings is 1. The first-order valence-electron chi connectivity index (χ1n) is 13.5. The summed E-state index contributed by atoms with van der Waals surface area (Å²) in [5, 5.41) is 6.17. The minimum Gasteiger partial charge on any atom is -0.350 e. The number of H-pyrrole nitrogens is 1. The third-order valence-corrected chi connectivity index (χ3v) is 6.95. The third kappa shape index (κ3) is 6.04. The topological polar surface area (TPSA) is 114 Å². The van der Waals surface area contributed by atoms with Crippen LogP contribution in [0.5, 0.6) is 0 Å². The van der Waals surface area contributed by atoms with Gasteiger partial charge in [0.1, 0.15) is 5.82 Å². The zero-order valence-corrected chi connectivity index (χ0v) is 22.9. The molecule has 5 aromatic rings. The van der Waals surface area contributed by atoms with Crippen molar-refractivity contribution in [3.05, 3.63) is 114 Å². The van der Waals surface area contributed by atoms with E-state index in [0.717, 1.165) is 5.56 Å². The van der Waals surface area contributed by atoms with Crippen molar-refractivity contribution in [2.75, 3.05) is 23.8 Å². The van der Waals surface area contributed by atoms with Crippen LogP contribution in [0, 0.1) is 11.2 Å². The number of halogens is 1. The van der Waals surface area contributed by atoms with E-state index < -0.39 is 11.7 Å². The smallest absolute Gasteiger partial charge is 0.234 e. The minimum absolute atomic E-state index is 0.124. The quantitative estimate of drug-likeness (QED) is 0.213. The predicted octanol–water partition coefficient (Wildman–Crippen LogP) is 5.98. The largest absolute Gasteiger partial charge is 0.350 e. The molecular formula is C32H29FN6O3. The standard InChI is InChI=1S/C32H29FN6O3/c1-32(30(40)36-24-10-6-3-7-11-24)19-41-29(42-20-32)28-38-26(22-12-14-23(33)15-13-22)27(39-28)25-16-17-34-31(37-25)35-18-21-8-4-2-5-9-21/h2-17,29H,18-20H2,1H3,(H,36,40)(H,38,39)(H,34,35,37). The van der Waals surface area contributed by atoms with Crippen LogP contribution in [-0.2, 0) is 20.8 Å². The molecule has 1 amide bonds. The highest BCUT2D eigenvalue weighted by Gasteiger charge is 2.41. The van der Waals surface area contributed by atoms with Gasteiger partial charge >= 0.3 is 0 Å². The van der Waals surface area contributed by atoms with Crippen LogP contribution >= 0.6 is 0 Å². The second kappa shape index (κ2) is 11.9. The van der Waals surface area contributed by atoms with Gasteiger partial charge in [-0.15, -0.1) is 0 Å². The maximum Gasteiger partial charge on any atom is 0.234 e. The Balaban J connectivity index is 1.24. The molecule has 0 radical (unpaired) electrons. The lowest BCUT2D eigenvalue weighted by atomic mass is 9.91. The number of anilines is 2. The highest BCUT2D eigenvalue weighted by Crippen LogP contribution is 2.36. The summed E-state index contributed by atoms with van der Waals surface area (Å²) in [5.74, 6) is 0.309. The summed E-state index contributed by atoms with van der Waals surface area (Å²) in [6.45, 7) is 2.60. The number of hydrogen-bond acceptors (Lipinski definition) is 7. The van der Waals surface area contributed by atoms with Crippen LogP contribution in [0.3, 0.4) is 0 Å². The van der Waals surface area contributed by atoms with Crippen molar-refractivity contribution in [2.45, 2.75) is 19.8 Å². The molecule has 0 aliphatic carbocycles. The van der Waals surface area contributed by atoms with Crippen molar-refractivity contribution in [3.63, 3.8) is 0 Å². The average molecular weight is 565 g/mol. The van der Waals surface area contributed by atoms with E-state index in [4.69, 9.17) is 19.4 Å². The first kappa shape index (κ1) is 27.3. The monoisotopic (exact) mass is 564 g/mol. The van der Waals surface area contributed by atoms with Crippen LogP contribution < -0.4 is 10.6 Å². The van der Waals surface area contributed by atoms with Crippen LogP contribution in [0.25, 0.3) is 22.6 Å². The molecule has 1 saturated heterocycles. The average Bonchev–Trinajstić information content (AvgIpc) is 3.47. The molecule has 0 unspecified atom stereocenters. The van der Waals surface area contributed by atoms with Gasteiger partial charge in [0.05, 0.1) is 35.7 Å². The van der Waals surface area contributed by atoms with Gasteiger partial charge in [0.2, 0.25) is 18.1 Å². The van der Waals surface area contributed by atoms with E-state index in [1.165, 1.54) is 12.1 Å². The van der Waals surface area contributed by atoms with Crippen molar-refractivity contribution >= 4 is 17.5 Å². The molecule has 1 fully saturated rings. The van der Waals surface area contributed by atoms with E-state index in [1.807, 2.05) is 60.7 Å². The van der Waals surface area contributed by atoms with Gasteiger partial charge in [-0.05, 0) is 55.0 Å². The Morgan fingerprint density at radius 2 is 1.64 bits per heavy atom.